The molecule has 0 saturated heterocycles. The fraction of sp³-hybridized carbons (Fsp3) is 0.176. The van der Waals surface area contributed by atoms with Crippen LogP contribution >= 0.6 is 22.9 Å². The molecule has 2 aromatic carbocycles. The van der Waals surface area contributed by atoms with Crippen LogP contribution < -0.4 is 4.80 Å². The molecule has 0 fully saturated rings. The second-order valence-electron chi connectivity index (χ2n) is 5.17. The van der Waals surface area contributed by atoms with E-state index in [0.29, 0.717) is 5.02 Å². The molecule has 0 aliphatic heterocycles. The van der Waals surface area contributed by atoms with Gasteiger partial charge in [0.1, 0.15) is 0 Å². The number of benzene rings is 2. The zero-order valence-corrected chi connectivity index (χ0v) is 13.9. The molecule has 3 aromatic rings. The van der Waals surface area contributed by atoms with Gasteiger partial charge in [-0.3, -0.25) is 4.79 Å². The Kier molecular flexibility index (Phi) is 4.14. The molecule has 0 unspecified atom stereocenters. The predicted molar refractivity (Wildman–Crippen MR) is 91.3 cm³/mol. The molecule has 0 aliphatic rings. The normalized spacial score (nSPS) is 12.0. The van der Waals surface area contributed by atoms with Crippen molar-refractivity contribution in [1.82, 2.24) is 4.57 Å². The molecule has 1 aromatic heterocycles. The van der Waals surface area contributed by atoms with Gasteiger partial charge >= 0.3 is 0 Å². The number of amides is 1. The maximum absolute atomic E-state index is 12.2. The Bertz CT molecular complexity index is 907. The predicted octanol–water partition coefficient (Wildman–Crippen LogP) is 3.87. The summed E-state index contributed by atoms with van der Waals surface area (Å²) in [4.78, 5) is 17.2. The van der Waals surface area contributed by atoms with Gasteiger partial charge in [-0.25, -0.2) is 0 Å². The zero-order valence-electron chi connectivity index (χ0n) is 12.3. The Morgan fingerprint density at radius 2 is 1.95 bits per heavy atom. The lowest BCUT2D eigenvalue weighted by Crippen LogP contribution is -2.14. The van der Waals surface area contributed by atoms with E-state index in [-0.39, 0.29) is 12.3 Å². The summed E-state index contributed by atoms with van der Waals surface area (Å²) in [5.74, 6) is -0.151. The Balaban J connectivity index is 1.94. The van der Waals surface area contributed by atoms with Crippen LogP contribution in [0.3, 0.4) is 0 Å². The zero-order chi connectivity index (χ0) is 15.7. The van der Waals surface area contributed by atoms with Gasteiger partial charge in [-0.1, -0.05) is 47.2 Å². The molecule has 0 N–H and O–H groups in total. The smallest absolute Gasteiger partial charge is 0.252 e. The van der Waals surface area contributed by atoms with E-state index in [9.17, 15) is 4.79 Å². The van der Waals surface area contributed by atoms with E-state index in [4.69, 9.17) is 11.6 Å². The highest BCUT2D eigenvalue weighted by Crippen LogP contribution is 2.19. The first-order chi connectivity index (χ1) is 10.5. The van der Waals surface area contributed by atoms with Gasteiger partial charge in [0.05, 0.1) is 16.6 Å². The van der Waals surface area contributed by atoms with Crippen molar-refractivity contribution in [2.24, 2.45) is 12.0 Å². The van der Waals surface area contributed by atoms with Crippen molar-refractivity contribution in [3.8, 4) is 0 Å². The number of nitrogens with zero attached hydrogens (tertiary/aromatic N) is 2. The number of carbonyl (C=O) groups excluding carboxylic acids is 1. The van der Waals surface area contributed by atoms with Crippen LogP contribution in [0, 0.1) is 6.92 Å². The summed E-state index contributed by atoms with van der Waals surface area (Å²) in [5.41, 5.74) is 3.23. The second kappa shape index (κ2) is 6.07. The van der Waals surface area contributed by atoms with E-state index in [1.165, 1.54) is 16.9 Å². The standard InChI is InChI=1S/C17H15ClN2OS/c1-11-4-3-5-14-16(11)20(2)17(22-14)19-15(21)10-12-6-8-13(18)9-7-12/h3-9H,10H2,1-2H3. The Morgan fingerprint density at radius 3 is 2.64 bits per heavy atom. The van der Waals surface area contributed by atoms with Crippen LogP contribution in [0.4, 0.5) is 0 Å². The van der Waals surface area contributed by atoms with Crippen LogP contribution in [0.2, 0.25) is 5.02 Å². The maximum atomic E-state index is 12.2. The third-order valence-corrected chi connectivity index (χ3v) is 4.86. The molecule has 22 heavy (non-hydrogen) atoms. The number of thiazole rings is 1. The van der Waals surface area contributed by atoms with Gasteiger partial charge in [0.25, 0.3) is 5.91 Å². The van der Waals surface area contributed by atoms with Crippen molar-refractivity contribution >= 4 is 39.1 Å². The number of carbonyl (C=O) groups is 1. The summed E-state index contributed by atoms with van der Waals surface area (Å²) >= 11 is 7.38. The first-order valence-electron chi connectivity index (χ1n) is 6.92. The largest absolute Gasteiger partial charge is 0.319 e. The van der Waals surface area contributed by atoms with Gasteiger partial charge < -0.3 is 4.57 Å². The number of aromatic nitrogens is 1. The van der Waals surface area contributed by atoms with Gasteiger partial charge in [-0.05, 0) is 36.2 Å². The highest BCUT2D eigenvalue weighted by Gasteiger charge is 2.07. The molecule has 0 atom stereocenters. The molecule has 112 valence electrons. The molecule has 1 amide bonds. The van der Waals surface area contributed by atoms with Crippen LogP contribution in [-0.4, -0.2) is 10.5 Å². The summed E-state index contributed by atoms with van der Waals surface area (Å²) < 4.78 is 3.12. The lowest BCUT2D eigenvalue weighted by Gasteiger charge is -1.99. The number of halogens is 1. The second-order valence-corrected chi connectivity index (χ2v) is 6.62. The number of hydrogen-bond donors (Lipinski definition) is 0. The molecule has 3 nitrogen and oxygen atoms in total. The molecule has 0 saturated carbocycles. The van der Waals surface area contributed by atoms with E-state index in [1.54, 1.807) is 12.1 Å². The summed E-state index contributed by atoms with van der Waals surface area (Å²) in [6.07, 6.45) is 0.282. The maximum Gasteiger partial charge on any atom is 0.252 e. The van der Waals surface area contributed by atoms with Crippen molar-refractivity contribution in [3.63, 3.8) is 0 Å². The number of aryl methyl sites for hydroxylation is 2. The third kappa shape index (κ3) is 2.98. The van der Waals surface area contributed by atoms with Crippen molar-refractivity contribution in [3.05, 3.63) is 63.4 Å². The average Bonchev–Trinajstić information content (AvgIpc) is 2.79. The van der Waals surface area contributed by atoms with E-state index in [1.807, 2.05) is 29.8 Å². The van der Waals surface area contributed by atoms with Crippen LogP contribution in [-0.2, 0) is 18.3 Å². The third-order valence-electron chi connectivity index (χ3n) is 3.51. The number of hydrogen-bond acceptors (Lipinski definition) is 2. The average molecular weight is 331 g/mol. The Labute approximate surface area is 137 Å². The lowest BCUT2D eigenvalue weighted by atomic mass is 10.1. The molecule has 3 rings (SSSR count). The quantitative estimate of drug-likeness (QED) is 0.702. The molecule has 0 radical (unpaired) electrons. The van der Waals surface area contributed by atoms with Crippen molar-refractivity contribution in [1.29, 1.82) is 0 Å². The highest BCUT2D eigenvalue weighted by atomic mass is 35.5. The molecular formula is C17H15ClN2OS. The molecule has 0 bridgehead atoms. The molecule has 0 aliphatic carbocycles. The minimum atomic E-state index is -0.151. The van der Waals surface area contributed by atoms with Crippen LogP contribution in [0.1, 0.15) is 11.1 Å². The fourth-order valence-corrected chi connectivity index (χ4v) is 3.67. The first-order valence-corrected chi connectivity index (χ1v) is 8.11. The summed E-state index contributed by atoms with van der Waals surface area (Å²) in [7, 11) is 1.94. The van der Waals surface area contributed by atoms with Crippen LogP contribution in [0.5, 0.6) is 0 Å². The fourth-order valence-electron chi connectivity index (χ4n) is 2.43. The number of para-hydroxylation sites is 1. The summed E-state index contributed by atoms with van der Waals surface area (Å²) in [6, 6.07) is 13.4. The minimum Gasteiger partial charge on any atom is -0.319 e. The summed E-state index contributed by atoms with van der Waals surface area (Å²) in [5, 5.41) is 0.666. The number of fused-ring (bicyclic) bond motifs is 1. The van der Waals surface area contributed by atoms with Gasteiger partial charge in [0, 0.05) is 12.1 Å². The van der Waals surface area contributed by atoms with Crippen molar-refractivity contribution in [2.75, 3.05) is 0 Å². The van der Waals surface area contributed by atoms with Gasteiger partial charge in [-0.15, -0.1) is 0 Å². The van der Waals surface area contributed by atoms with Crippen LogP contribution in [0.25, 0.3) is 10.2 Å². The molecule has 5 heteroatoms. The van der Waals surface area contributed by atoms with E-state index >= 15 is 0 Å². The Hall–Kier alpha value is -1.91. The topological polar surface area (TPSA) is 34.4 Å². The van der Waals surface area contributed by atoms with Crippen molar-refractivity contribution in [2.45, 2.75) is 13.3 Å². The molecule has 0 spiro atoms. The minimum absolute atomic E-state index is 0.151. The van der Waals surface area contributed by atoms with E-state index in [0.717, 1.165) is 20.6 Å². The van der Waals surface area contributed by atoms with Gasteiger partial charge in [0.2, 0.25) is 0 Å². The van der Waals surface area contributed by atoms with Crippen LogP contribution in [0.15, 0.2) is 47.5 Å². The number of rotatable bonds is 2. The summed E-state index contributed by atoms with van der Waals surface area (Å²) in [6.45, 7) is 2.06. The van der Waals surface area contributed by atoms with Crippen molar-refractivity contribution < 1.29 is 4.79 Å². The monoisotopic (exact) mass is 330 g/mol. The highest BCUT2D eigenvalue weighted by molar-refractivity contribution is 7.16. The lowest BCUT2D eigenvalue weighted by molar-refractivity contribution is -0.117. The Morgan fingerprint density at radius 1 is 1.23 bits per heavy atom. The van der Waals surface area contributed by atoms with Gasteiger partial charge in [0.15, 0.2) is 4.80 Å². The molecular weight excluding hydrogens is 316 g/mol. The molecule has 1 heterocycles. The SMILES string of the molecule is Cc1cccc2sc(=NC(=O)Cc3ccc(Cl)cc3)n(C)c12. The van der Waals surface area contributed by atoms with E-state index in [2.05, 4.69) is 24.0 Å². The van der Waals surface area contributed by atoms with E-state index < -0.39 is 0 Å². The van der Waals surface area contributed by atoms with Gasteiger partial charge in [-0.2, -0.15) is 4.99 Å². The first kappa shape index (κ1) is 15.0.